The second kappa shape index (κ2) is 3.86. The van der Waals surface area contributed by atoms with E-state index in [1.165, 1.54) is 19.3 Å². The SMILES string of the molecule is Cc1nc(-c2ccncc2)sc1C(F)(F)F. The van der Waals surface area contributed by atoms with Gasteiger partial charge >= 0.3 is 6.18 Å². The van der Waals surface area contributed by atoms with Gasteiger partial charge in [0.2, 0.25) is 0 Å². The van der Waals surface area contributed by atoms with Gasteiger partial charge in [0.05, 0.1) is 5.69 Å². The second-order valence-electron chi connectivity index (χ2n) is 3.17. The number of aromatic nitrogens is 2. The first-order chi connectivity index (χ1) is 7.48. The topological polar surface area (TPSA) is 25.8 Å². The van der Waals surface area contributed by atoms with E-state index in [2.05, 4.69) is 9.97 Å². The smallest absolute Gasteiger partial charge is 0.265 e. The number of alkyl halides is 3. The summed E-state index contributed by atoms with van der Waals surface area (Å²) < 4.78 is 37.6. The highest BCUT2D eigenvalue weighted by Gasteiger charge is 2.35. The van der Waals surface area contributed by atoms with Gasteiger partial charge in [0.25, 0.3) is 0 Å². The Bertz CT molecular complexity index is 491. The number of pyridine rings is 1. The molecule has 0 aliphatic carbocycles. The molecule has 2 aromatic rings. The first-order valence-corrected chi connectivity index (χ1v) is 5.25. The molecule has 2 nitrogen and oxygen atoms in total. The van der Waals surface area contributed by atoms with Crippen molar-refractivity contribution in [2.24, 2.45) is 0 Å². The number of nitrogens with zero attached hydrogens (tertiary/aromatic N) is 2. The molecule has 16 heavy (non-hydrogen) atoms. The average molecular weight is 244 g/mol. The van der Waals surface area contributed by atoms with Gasteiger partial charge < -0.3 is 0 Å². The van der Waals surface area contributed by atoms with Gasteiger partial charge in [-0.3, -0.25) is 4.98 Å². The summed E-state index contributed by atoms with van der Waals surface area (Å²) in [6.45, 7) is 1.37. The van der Waals surface area contributed by atoms with Gasteiger partial charge in [-0.05, 0) is 19.1 Å². The molecule has 0 aliphatic rings. The van der Waals surface area contributed by atoms with E-state index in [0.717, 1.165) is 0 Å². The van der Waals surface area contributed by atoms with Gasteiger partial charge in [-0.1, -0.05) is 0 Å². The molecule has 0 saturated heterocycles. The van der Waals surface area contributed by atoms with Crippen LogP contribution in [0.25, 0.3) is 10.6 Å². The minimum atomic E-state index is -4.33. The molecule has 0 radical (unpaired) electrons. The Hall–Kier alpha value is -1.43. The van der Waals surface area contributed by atoms with Crippen molar-refractivity contribution in [3.8, 4) is 10.6 Å². The van der Waals surface area contributed by atoms with Crippen molar-refractivity contribution in [3.63, 3.8) is 0 Å². The highest BCUT2D eigenvalue weighted by Crippen LogP contribution is 2.38. The third-order valence-electron chi connectivity index (χ3n) is 1.98. The van der Waals surface area contributed by atoms with E-state index in [-0.39, 0.29) is 5.69 Å². The lowest BCUT2D eigenvalue weighted by Gasteiger charge is -2.01. The normalized spacial score (nSPS) is 11.8. The molecule has 0 aromatic carbocycles. The quantitative estimate of drug-likeness (QED) is 0.766. The number of rotatable bonds is 1. The molecule has 6 heteroatoms. The summed E-state index contributed by atoms with van der Waals surface area (Å²) in [5.74, 6) is 0. The monoisotopic (exact) mass is 244 g/mol. The third-order valence-corrected chi connectivity index (χ3v) is 3.23. The van der Waals surface area contributed by atoms with Crippen LogP contribution in [-0.4, -0.2) is 9.97 Å². The van der Waals surface area contributed by atoms with Gasteiger partial charge in [0.15, 0.2) is 0 Å². The minimum Gasteiger partial charge on any atom is -0.265 e. The van der Waals surface area contributed by atoms with Crippen LogP contribution in [0.2, 0.25) is 0 Å². The van der Waals surface area contributed by atoms with Gasteiger partial charge in [-0.25, -0.2) is 4.98 Å². The molecule has 0 N–H and O–H groups in total. The molecule has 2 aromatic heterocycles. The molecule has 0 unspecified atom stereocenters. The van der Waals surface area contributed by atoms with Crippen LogP contribution in [0, 0.1) is 6.92 Å². The lowest BCUT2D eigenvalue weighted by Crippen LogP contribution is -2.03. The summed E-state index contributed by atoms with van der Waals surface area (Å²) in [5.41, 5.74) is 0.669. The van der Waals surface area contributed by atoms with Crippen molar-refractivity contribution in [2.75, 3.05) is 0 Å². The maximum absolute atomic E-state index is 12.5. The summed E-state index contributed by atoms with van der Waals surface area (Å²) in [7, 11) is 0. The van der Waals surface area contributed by atoms with Crippen molar-refractivity contribution < 1.29 is 13.2 Å². The van der Waals surface area contributed by atoms with Crippen LogP contribution in [0.3, 0.4) is 0 Å². The summed E-state index contributed by atoms with van der Waals surface area (Å²) in [5, 5.41) is 0.368. The lowest BCUT2D eigenvalue weighted by atomic mass is 10.3. The molecule has 2 rings (SSSR count). The molecule has 0 spiro atoms. The van der Waals surface area contributed by atoms with E-state index in [1.54, 1.807) is 12.1 Å². The van der Waals surface area contributed by atoms with E-state index in [0.29, 0.717) is 21.9 Å². The average Bonchev–Trinajstić information content (AvgIpc) is 2.61. The highest BCUT2D eigenvalue weighted by atomic mass is 32.1. The molecule has 0 fully saturated rings. The number of hydrogen-bond donors (Lipinski definition) is 0. The van der Waals surface area contributed by atoms with Gasteiger partial charge in [-0.2, -0.15) is 13.2 Å². The van der Waals surface area contributed by atoms with Crippen LogP contribution in [0.4, 0.5) is 13.2 Å². The molecule has 0 atom stereocenters. The van der Waals surface area contributed by atoms with Crippen LogP contribution < -0.4 is 0 Å². The molecule has 0 aliphatic heterocycles. The third kappa shape index (κ3) is 2.06. The fourth-order valence-electron chi connectivity index (χ4n) is 1.28. The second-order valence-corrected chi connectivity index (χ2v) is 4.17. The molecule has 0 bridgehead atoms. The first kappa shape index (κ1) is 11.1. The number of hydrogen-bond acceptors (Lipinski definition) is 3. The van der Waals surface area contributed by atoms with Crippen LogP contribution in [0.1, 0.15) is 10.6 Å². The fourth-order valence-corrected chi connectivity index (χ4v) is 2.22. The molecule has 0 saturated carbocycles. The van der Waals surface area contributed by atoms with Gasteiger partial charge in [0, 0.05) is 18.0 Å². The Kier molecular flexibility index (Phi) is 2.67. The molecule has 0 amide bonds. The standard InChI is InChI=1S/C10H7F3N2S/c1-6-8(10(11,12)13)16-9(15-6)7-2-4-14-5-3-7/h2-5H,1H3. The summed E-state index contributed by atoms with van der Waals surface area (Å²) in [6, 6.07) is 3.27. The van der Waals surface area contributed by atoms with E-state index < -0.39 is 11.1 Å². The summed E-state index contributed by atoms with van der Waals surface area (Å²) >= 11 is 0.656. The Morgan fingerprint density at radius 3 is 2.31 bits per heavy atom. The van der Waals surface area contributed by atoms with E-state index >= 15 is 0 Å². The number of thiazole rings is 1. The first-order valence-electron chi connectivity index (χ1n) is 4.43. The maximum Gasteiger partial charge on any atom is 0.427 e. The van der Waals surface area contributed by atoms with E-state index in [4.69, 9.17) is 0 Å². The predicted octanol–water partition coefficient (Wildman–Crippen LogP) is 3.53. The van der Waals surface area contributed by atoms with Crippen LogP contribution in [0.15, 0.2) is 24.5 Å². The molecular weight excluding hydrogens is 237 g/mol. The van der Waals surface area contributed by atoms with Crippen molar-refractivity contribution in [1.29, 1.82) is 0 Å². The molecule has 2 heterocycles. The lowest BCUT2D eigenvalue weighted by molar-refractivity contribution is -0.134. The minimum absolute atomic E-state index is 0.0179. The zero-order valence-corrected chi connectivity index (χ0v) is 9.06. The molecule has 84 valence electrons. The van der Waals surface area contributed by atoms with Crippen LogP contribution in [0.5, 0.6) is 0 Å². The fraction of sp³-hybridized carbons (Fsp3) is 0.200. The van der Waals surface area contributed by atoms with E-state index in [9.17, 15) is 13.2 Å². The Labute approximate surface area is 93.8 Å². The Balaban J connectivity index is 2.47. The Morgan fingerprint density at radius 2 is 1.81 bits per heavy atom. The van der Waals surface area contributed by atoms with Crippen LogP contribution in [-0.2, 0) is 6.18 Å². The predicted molar refractivity (Wildman–Crippen MR) is 55.1 cm³/mol. The van der Waals surface area contributed by atoms with Crippen molar-refractivity contribution in [2.45, 2.75) is 13.1 Å². The summed E-state index contributed by atoms with van der Waals surface area (Å²) in [6.07, 6.45) is -1.27. The maximum atomic E-state index is 12.5. The van der Waals surface area contributed by atoms with Gasteiger partial charge in [0.1, 0.15) is 9.88 Å². The zero-order valence-electron chi connectivity index (χ0n) is 8.25. The molecular formula is C10H7F3N2S. The Morgan fingerprint density at radius 1 is 1.19 bits per heavy atom. The van der Waals surface area contributed by atoms with Crippen LogP contribution >= 0.6 is 11.3 Å². The summed E-state index contributed by atoms with van der Waals surface area (Å²) in [4.78, 5) is 7.08. The van der Waals surface area contributed by atoms with Gasteiger partial charge in [-0.15, -0.1) is 11.3 Å². The van der Waals surface area contributed by atoms with Crippen molar-refractivity contribution in [3.05, 3.63) is 35.1 Å². The largest absolute Gasteiger partial charge is 0.427 e. The van der Waals surface area contributed by atoms with E-state index in [1.807, 2.05) is 0 Å². The number of halogens is 3. The zero-order chi connectivity index (χ0) is 11.8. The number of aryl methyl sites for hydroxylation is 1. The van der Waals surface area contributed by atoms with Crippen molar-refractivity contribution in [1.82, 2.24) is 9.97 Å². The van der Waals surface area contributed by atoms with Crippen molar-refractivity contribution >= 4 is 11.3 Å². The highest BCUT2D eigenvalue weighted by molar-refractivity contribution is 7.15.